The number of rotatable bonds is 2. The number of nitrogens with zero attached hydrogens (tertiary/aromatic N) is 1. The van der Waals surface area contributed by atoms with Crippen molar-refractivity contribution in [3.63, 3.8) is 0 Å². The Labute approximate surface area is 99.2 Å². The summed E-state index contributed by atoms with van der Waals surface area (Å²) in [6.45, 7) is 3.67. The minimum absolute atomic E-state index is 0.727. The van der Waals surface area contributed by atoms with Crippen LogP contribution >= 0.6 is 11.6 Å². The van der Waals surface area contributed by atoms with E-state index in [1.165, 1.54) is 51.5 Å². The molecule has 1 saturated heterocycles. The molecule has 0 radical (unpaired) electrons. The third-order valence-electron chi connectivity index (χ3n) is 4.46. The van der Waals surface area contributed by atoms with Crippen molar-refractivity contribution in [3.05, 3.63) is 0 Å². The second-order valence-corrected chi connectivity index (χ2v) is 5.64. The third kappa shape index (κ3) is 2.68. The van der Waals surface area contributed by atoms with Crippen LogP contribution in [0.2, 0.25) is 0 Å². The molecule has 2 fully saturated rings. The molecular weight excluding hydrogens is 206 g/mol. The van der Waals surface area contributed by atoms with Crippen LogP contribution in [0.3, 0.4) is 0 Å². The highest BCUT2D eigenvalue weighted by Crippen LogP contribution is 2.31. The minimum Gasteiger partial charge on any atom is -0.297 e. The van der Waals surface area contributed by atoms with Gasteiger partial charge in [-0.3, -0.25) is 4.90 Å². The highest BCUT2D eigenvalue weighted by atomic mass is 35.5. The summed E-state index contributed by atoms with van der Waals surface area (Å²) in [4.78, 5) is 2.75. The molecule has 0 aromatic rings. The smallest absolute Gasteiger partial charge is 0.0267 e. The Kier molecular flexibility index (Phi) is 4.33. The predicted octanol–water partition coefficient (Wildman–Crippen LogP) is 3.66. The van der Waals surface area contributed by atoms with Crippen molar-refractivity contribution >= 4 is 11.6 Å². The normalized spacial score (nSPS) is 35.6. The van der Waals surface area contributed by atoms with E-state index in [0.29, 0.717) is 0 Å². The van der Waals surface area contributed by atoms with Gasteiger partial charge in [-0.05, 0) is 38.6 Å². The molecule has 0 amide bonds. The fourth-order valence-corrected chi connectivity index (χ4v) is 3.75. The van der Waals surface area contributed by atoms with Crippen LogP contribution in [-0.4, -0.2) is 29.4 Å². The van der Waals surface area contributed by atoms with Gasteiger partial charge >= 0.3 is 0 Å². The van der Waals surface area contributed by atoms with E-state index in [-0.39, 0.29) is 0 Å². The molecule has 88 valence electrons. The maximum atomic E-state index is 6.01. The number of hydrogen-bond acceptors (Lipinski definition) is 1. The molecule has 15 heavy (non-hydrogen) atoms. The fraction of sp³-hybridized carbons (Fsp3) is 1.00. The Morgan fingerprint density at radius 1 is 1.07 bits per heavy atom. The van der Waals surface area contributed by atoms with Crippen LogP contribution in [0.25, 0.3) is 0 Å². The molecule has 2 unspecified atom stereocenters. The average molecular weight is 230 g/mol. The first-order valence-electron chi connectivity index (χ1n) is 6.64. The van der Waals surface area contributed by atoms with Gasteiger partial charge in [-0.25, -0.2) is 0 Å². The Morgan fingerprint density at radius 2 is 1.73 bits per heavy atom. The lowest BCUT2D eigenvalue weighted by molar-refractivity contribution is 0.161. The van der Waals surface area contributed by atoms with Crippen LogP contribution in [0, 0.1) is 5.92 Å². The summed E-state index contributed by atoms with van der Waals surface area (Å²) in [5.74, 6) is 1.60. The largest absolute Gasteiger partial charge is 0.297 e. The van der Waals surface area contributed by atoms with E-state index < -0.39 is 0 Å². The van der Waals surface area contributed by atoms with E-state index in [0.717, 1.165) is 23.9 Å². The summed E-state index contributed by atoms with van der Waals surface area (Å²) >= 11 is 6.01. The van der Waals surface area contributed by atoms with Gasteiger partial charge < -0.3 is 0 Å². The van der Waals surface area contributed by atoms with Crippen molar-refractivity contribution in [2.24, 2.45) is 5.92 Å². The molecule has 1 saturated carbocycles. The van der Waals surface area contributed by atoms with Crippen molar-refractivity contribution in [1.29, 1.82) is 0 Å². The number of halogens is 1. The van der Waals surface area contributed by atoms with Crippen LogP contribution in [0.15, 0.2) is 0 Å². The quantitative estimate of drug-likeness (QED) is 0.516. The van der Waals surface area contributed by atoms with Crippen LogP contribution in [0.5, 0.6) is 0 Å². The first kappa shape index (κ1) is 11.7. The molecule has 0 N–H and O–H groups in total. The summed E-state index contributed by atoms with van der Waals surface area (Å²) in [7, 11) is 0. The summed E-state index contributed by atoms with van der Waals surface area (Å²) in [6, 6.07) is 1.60. The van der Waals surface area contributed by atoms with Gasteiger partial charge in [0.25, 0.3) is 0 Å². The molecule has 2 heteroatoms. The first-order valence-corrected chi connectivity index (χ1v) is 7.18. The Bertz CT molecular complexity index is 187. The molecule has 0 spiro atoms. The summed E-state index contributed by atoms with van der Waals surface area (Å²) < 4.78 is 0. The second-order valence-electron chi connectivity index (χ2n) is 5.33. The molecule has 1 aliphatic carbocycles. The van der Waals surface area contributed by atoms with E-state index in [1.54, 1.807) is 0 Å². The van der Waals surface area contributed by atoms with Gasteiger partial charge in [-0.1, -0.05) is 25.7 Å². The number of hydrogen-bond donors (Lipinski definition) is 0. The van der Waals surface area contributed by atoms with E-state index in [4.69, 9.17) is 11.6 Å². The first-order chi connectivity index (χ1) is 7.33. The zero-order valence-corrected chi connectivity index (χ0v) is 10.7. The zero-order chi connectivity index (χ0) is 10.7. The minimum atomic E-state index is 0.727. The van der Waals surface area contributed by atoms with E-state index in [1.807, 2.05) is 0 Å². The summed E-state index contributed by atoms with van der Waals surface area (Å²) in [5, 5.41) is 0. The molecule has 1 nitrogen and oxygen atoms in total. The van der Waals surface area contributed by atoms with Gasteiger partial charge in [0.05, 0.1) is 0 Å². The molecule has 0 aromatic carbocycles. The maximum absolute atomic E-state index is 6.01. The van der Waals surface area contributed by atoms with Crippen LogP contribution < -0.4 is 0 Å². The Balaban J connectivity index is 1.92. The van der Waals surface area contributed by atoms with Crippen molar-refractivity contribution in [2.75, 3.05) is 12.4 Å². The van der Waals surface area contributed by atoms with Gasteiger partial charge in [-0.15, -0.1) is 11.6 Å². The lowest BCUT2D eigenvalue weighted by atomic mass is 10.0. The summed E-state index contributed by atoms with van der Waals surface area (Å²) in [6.07, 6.45) is 9.98. The molecular formula is C13H24ClN. The van der Waals surface area contributed by atoms with Gasteiger partial charge in [-0.2, -0.15) is 0 Å². The third-order valence-corrected chi connectivity index (χ3v) is 4.85. The molecule has 0 bridgehead atoms. The highest BCUT2D eigenvalue weighted by molar-refractivity contribution is 6.18. The lowest BCUT2D eigenvalue weighted by Crippen LogP contribution is -2.39. The van der Waals surface area contributed by atoms with Gasteiger partial charge in [0, 0.05) is 18.0 Å². The highest BCUT2D eigenvalue weighted by Gasteiger charge is 2.34. The van der Waals surface area contributed by atoms with Gasteiger partial charge in [0.1, 0.15) is 0 Å². The fourth-order valence-electron chi connectivity index (χ4n) is 3.34. The monoisotopic (exact) mass is 229 g/mol. The maximum Gasteiger partial charge on any atom is 0.0267 e. The number of likely N-dealkylation sites (tertiary alicyclic amines) is 1. The molecule has 2 rings (SSSR count). The van der Waals surface area contributed by atoms with Crippen molar-refractivity contribution < 1.29 is 0 Å². The summed E-state index contributed by atoms with van der Waals surface area (Å²) in [5.41, 5.74) is 0. The standard InChI is InChI=1S/C13H24ClN/c1-11-12(10-14)8-9-15(11)13-6-4-2-3-5-7-13/h11-13H,2-10H2,1H3. The molecule has 1 heterocycles. The predicted molar refractivity (Wildman–Crippen MR) is 66.5 cm³/mol. The topological polar surface area (TPSA) is 3.24 Å². The van der Waals surface area contributed by atoms with E-state index in [2.05, 4.69) is 11.8 Å². The second kappa shape index (κ2) is 5.54. The van der Waals surface area contributed by atoms with Crippen LogP contribution in [-0.2, 0) is 0 Å². The van der Waals surface area contributed by atoms with Crippen LogP contribution in [0.1, 0.15) is 51.9 Å². The van der Waals surface area contributed by atoms with E-state index in [9.17, 15) is 0 Å². The van der Waals surface area contributed by atoms with Crippen LogP contribution in [0.4, 0.5) is 0 Å². The molecule has 1 aliphatic heterocycles. The van der Waals surface area contributed by atoms with Crippen molar-refractivity contribution in [3.8, 4) is 0 Å². The SMILES string of the molecule is CC1C(CCl)CCN1C1CCCCCC1. The molecule has 2 aliphatic rings. The van der Waals surface area contributed by atoms with Crippen molar-refractivity contribution in [1.82, 2.24) is 4.90 Å². The zero-order valence-electron chi connectivity index (χ0n) is 9.92. The van der Waals surface area contributed by atoms with E-state index >= 15 is 0 Å². The lowest BCUT2D eigenvalue weighted by Gasteiger charge is -2.32. The molecule has 2 atom stereocenters. The Morgan fingerprint density at radius 3 is 2.27 bits per heavy atom. The number of alkyl halides is 1. The van der Waals surface area contributed by atoms with Gasteiger partial charge in [0.15, 0.2) is 0 Å². The molecule has 0 aromatic heterocycles. The van der Waals surface area contributed by atoms with Gasteiger partial charge in [0.2, 0.25) is 0 Å². The van der Waals surface area contributed by atoms with Crippen molar-refractivity contribution in [2.45, 2.75) is 64.0 Å². The average Bonchev–Trinajstić information content (AvgIpc) is 2.49. The Hall–Kier alpha value is 0.250.